The maximum atomic E-state index is 11.6. The zero-order valence-corrected chi connectivity index (χ0v) is 10.9. The summed E-state index contributed by atoms with van der Waals surface area (Å²) in [5.41, 5.74) is 1.60. The quantitative estimate of drug-likeness (QED) is 0.628. The molecule has 1 heterocycles. The Kier molecular flexibility index (Phi) is 4.17. The van der Waals surface area contributed by atoms with Gasteiger partial charge in [-0.25, -0.2) is 9.78 Å². The summed E-state index contributed by atoms with van der Waals surface area (Å²) in [6, 6.07) is 7.48. The van der Waals surface area contributed by atoms with E-state index in [9.17, 15) is 4.79 Å². The van der Waals surface area contributed by atoms with Crippen LogP contribution in [0.15, 0.2) is 40.2 Å². The van der Waals surface area contributed by atoms with Crippen LogP contribution in [0.25, 0.3) is 0 Å². The molecule has 1 aromatic carbocycles. The predicted molar refractivity (Wildman–Crippen MR) is 69.5 cm³/mol. The van der Waals surface area contributed by atoms with Gasteiger partial charge in [-0.1, -0.05) is 30.0 Å². The van der Waals surface area contributed by atoms with Crippen LogP contribution >= 0.6 is 23.1 Å². The maximum absolute atomic E-state index is 11.6. The first kappa shape index (κ1) is 12.1. The molecule has 0 saturated carbocycles. The summed E-state index contributed by atoms with van der Waals surface area (Å²) in [6.45, 7) is 0. The molecule has 0 radical (unpaired) electrons. The number of ether oxygens (including phenoxy) is 1. The molecule has 5 heteroatoms. The number of carbonyl (C=O) groups is 1. The van der Waals surface area contributed by atoms with Gasteiger partial charge in [0.1, 0.15) is 4.34 Å². The Bertz CT molecular complexity index is 497. The fraction of sp³-hybridized carbons (Fsp3) is 0.167. The van der Waals surface area contributed by atoms with E-state index in [4.69, 9.17) is 4.74 Å². The van der Waals surface area contributed by atoms with Crippen molar-refractivity contribution >= 4 is 29.1 Å². The van der Waals surface area contributed by atoms with Gasteiger partial charge in [-0.2, -0.15) is 0 Å². The molecule has 0 spiro atoms. The van der Waals surface area contributed by atoms with Gasteiger partial charge in [0.2, 0.25) is 0 Å². The first-order valence-electron chi connectivity index (χ1n) is 5.00. The second-order valence-corrected chi connectivity index (χ2v) is 5.35. The molecule has 3 nitrogen and oxygen atoms in total. The number of thiazole rings is 1. The number of esters is 1. The zero-order valence-electron chi connectivity index (χ0n) is 9.25. The number of nitrogens with zero attached hydrogens (tertiary/aromatic N) is 1. The number of carbonyl (C=O) groups excluding carboxylic acids is 1. The number of aromatic nitrogens is 1. The minimum atomic E-state index is -0.291. The van der Waals surface area contributed by atoms with E-state index in [1.54, 1.807) is 35.4 Å². The minimum Gasteiger partial charge on any atom is -0.465 e. The summed E-state index contributed by atoms with van der Waals surface area (Å²) in [7, 11) is 1.40. The topological polar surface area (TPSA) is 39.2 Å². The van der Waals surface area contributed by atoms with Crippen molar-refractivity contribution in [2.45, 2.75) is 10.1 Å². The first-order valence-corrected chi connectivity index (χ1v) is 6.86. The van der Waals surface area contributed by atoms with Crippen molar-refractivity contribution in [2.75, 3.05) is 7.11 Å². The van der Waals surface area contributed by atoms with E-state index in [1.807, 2.05) is 23.6 Å². The van der Waals surface area contributed by atoms with E-state index in [-0.39, 0.29) is 5.97 Å². The summed E-state index contributed by atoms with van der Waals surface area (Å²) in [4.78, 5) is 15.7. The van der Waals surface area contributed by atoms with Gasteiger partial charge >= 0.3 is 5.97 Å². The highest BCUT2D eigenvalue weighted by Crippen LogP contribution is 2.26. The molecule has 0 atom stereocenters. The summed E-state index contributed by atoms with van der Waals surface area (Å²) >= 11 is 3.22. The van der Waals surface area contributed by atoms with Crippen molar-refractivity contribution in [3.05, 3.63) is 47.0 Å². The normalized spacial score (nSPS) is 10.2. The Morgan fingerprint density at radius 1 is 1.47 bits per heavy atom. The van der Waals surface area contributed by atoms with Crippen LogP contribution in [0.2, 0.25) is 0 Å². The molecule has 0 fully saturated rings. The molecule has 0 unspecified atom stereocenters. The highest BCUT2D eigenvalue weighted by Gasteiger charge is 2.11. The number of benzene rings is 1. The van der Waals surface area contributed by atoms with Crippen LogP contribution in [0.5, 0.6) is 0 Å². The molecule has 0 N–H and O–H groups in total. The lowest BCUT2D eigenvalue weighted by atomic mass is 10.1. The Morgan fingerprint density at radius 3 is 3.00 bits per heavy atom. The fourth-order valence-corrected chi connectivity index (χ4v) is 3.02. The molecule has 0 amide bonds. The summed E-state index contributed by atoms with van der Waals surface area (Å²) < 4.78 is 5.76. The number of rotatable bonds is 4. The van der Waals surface area contributed by atoms with E-state index in [0.29, 0.717) is 5.56 Å². The second kappa shape index (κ2) is 5.84. The molecule has 88 valence electrons. The van der Waals surface area contributed by atoms with Crippen molar-refractivity contribution in [3.63, 3.8) is 0 Å². The summed E-state index contributed by atoms with van der Waals surface area (Å²) in [6.07, 6.45) is 1.78. The van der Waals surface area contributed by atoms with Crippen LogP contribution < -0.4 is 0 Å². The van der Waals surface area contributed by atoms with Crippen LogP contribution in [0, 0.1) is 0 Å². The number of hydrogen-bond acceptors (Lipinski definition) is 5. The highest BCUT2D eigenvalue weighted by molar-refractivity contribution is 8.00. The van der Waals surface area contributed by atoms with E-state index < -0.39 is 0 Å². The SMILES string of the molecule is COC(=O)c1ccccc1CSc1nccs1. The molecule has 0 aliphatic carbocycles. The summed E-state index contributed by atoms with van der Waals surface area (Å²) in [5, 5.41) is 1.94. The lowest BCUT2D eigenvalue weighted by molar-refractivity contribution is 0.0600. The molecule has 1 aromatic heterocycles. The lowest BCUT2D eigenvalue weighted by Gasteiger charge is -2.06. The standard InChI is InChI=1S/C12H11NO2S2/c1-15-11(14)10-5-3-2-4-9(10)8-17-12-13-6-7-16-12/h2-7H,8H2,1H3. The molecule has 0 saturated heterocycles. The molecule has 2 rings (SSSR count). The molecular weight excluding hydrogens is 254 g/mol. The van der Waals surface area contributed by atoms with E-state index in [0.717, 1.165) is 15.7 Å². The van der Waals surface area contributed by atoms with Crippen LogP contribution in [-0.4, -0.2) is 18.1 Å². The third-order valence-electron chi connectivity index (χ3n) is 2.18. The molecular formula is C12H11NO2S2. The largest absolute Gasteiger partial charge is 0.465 e. The average Bonchev–Trinajstić information content (AvgIpc) is 2.89. The molecule has 2 aromatic rings. The van der Waals surface area contributed by atoms with Gasteiger partial charge in [0.05, 0.1) is 12.7 Å². The highest BCUT2D eigenvalue weighted by atomic mass is 32.2. The summed E-state index contributed by atoms with van der Waals surface area (Å²) in [5.74, 6) is 0.430. The molecule has 0 bridgehead atoms. The number of thioether (sulfide) groups is 1. The Labute approximate surface area is 108 Å². The molecule has 17 heavy (non-hydrogen) atoms. The third-order valence-corrected chi connectivity index (χ3v) is 4.20. The lowest BCUT2D eigenvalue weighted by Crippen LogP contribution is -2.04. The van der Waals surface area contributed by atoms with Crippen LogP contribution in [0.4, 0.5) is 0 Å². The van der Waals surface area contributed by atoms with Gasteiger partial charge in [-0.05, 0) is 11.6 Å². The van der Waals surface area contributed by atoms with Crippen molar-refractivity contribution in [1.29, 1.82) is 0 Å². The van der Waals surface area contributed by atoms with Gasteiger partial charge < -0.3 is 4.74 Å². The van der Waals surface area contributed by atoms with E-state index in [1.165, 1.54) is 7.11 Å². The average molecular weight is 265 g/mol. The van der Waals surface area contributed by atoms with Crippen LogP contribution in [0.1, 0.15) is 15.9 Å². The number of hydrogen-bond donors (Lipinski definition) is 0. The maximum Gasteiger partial charge on any atom is 0.338 e. The molecule has 0 aliphatic heterocycles. The van der Waals surface area contributed by atoms with Crippen LogP contribution in [0.3, 0.4) is 0 Å². The van der Waals surface area contributed by atoms with Crippen LogP contribution in [-0.2, 0) is 10.5 Å². The van der Waals surface area contributed by atoms with E-state index >= 15 is 0 Å². The Hall–Kier alpha value is -1.33. The fourth-order valence-electron chi connectivity index (χ4n) is 1.38. The van der Waals surface area contributed by atoms with Gasteiger partial charge in [0.15, 0.2) is 0 Å². The monoisotopic (exact) mass is 265 g/mol. The predicted octanol–water partition coefficient (Wildman–Crippen LogP) is 3.22. The third kappa shape index (κ3) is 3.08. The van der Waals surface area contributed by atoms with E-state index in [2.05, 4.69) is 4.98 Å². The Morgan fingerprint density at radius 2 is 2.29 bits per heavy atom. The van der Waals surface area contributed by atoms with Crippen molar-refractivity contribution in [3.8, 4) is 0 Å². The first-order chi connectivity index (χ1) is 8.31. The Balaban J connectivity index is 2.12. The van der Waals surface area contributed by atoms with Crippen molar-refractivity contribution in [1.82, 2.24) is 4.98 Å². The van der Waals surface area contributed by atoms with Gasteiger partial charge in [0.25, 0.3) is 0 Å². The van der Waals surface area contributed by atoms with Crippen molar-refractivity contribution < 1.29 is 9.53 Å². The molecule has 0 aliphatic rings. The zero-order chi connectivity index (χ0) is 12.1. The second-order valence-electron chi connectivity index (χ2n) is 3.24. The van der Waals surface area contributed by atoms with Gasteiger partial charge in [0, 0.05) is 17.3 Å². The number of methoxy groups -OCH3 is 1. The van der Waals surface area contributed by atoms with Gasteiger partial charge in [-0.3, -0.25) is 0 Å². The van der Waals surface area contributed by atoms with Crippen molar-refractivity contribution in [2.24, 2.45) is 0 Å². The minimum absolute atomic E-state index is 0.291. The smallest absolute Gasteiger partial charge is 0.338 e. The van der Waals surface area contributed by atoms with Gasteiger partial charge in [-0.15, -0.1) is 11.3 Å².